The summed E-state index contributed by atoms with van der Waals surface area (Å²) in [6, 6.07) is 43.9. The molecule has 0 N–H and O–H groups in total. The molecule has 0 aliphatic carbocycles. The summed E-state index contributed by atoms with van der Waals surface area (Å²) in [7, 11) is 0. The highest BCUT2D eigenvalue weighted by Gasteiger charge is 2.42. The largest absolute Gasteiger partial charge is 0.297 e. The van der Waals surface area contributed by atoms with Crippen LogP contribution in [-0.2, 0) is 12.1 Å². The number of hydrogen-bond donors (Lipinski definition) is 0. The van der Waals surface area contributed by atoms with Gasteiger partial charge >= 0.3 is 0 Å². The Hall–Kier alpha value is -3.20. The van der Waals surface area contributed by atoms with Crippen molar-refractivity contribution in [1.82, 2.24) is 9.80 Å². The Balaban J connectivity index is 1.54. The lowest BCUT2D eigenvalue weighted by atomic mass is 9.75. The minimum Gasteiger partial charge on any atom is -0.297 e. The third kappa shape index (κ3) is 4.00. The van der Waals surface area contributed by atoms with Crippen molar-refractivity contribution >= 4 is 0 Å². The highest BCUT2D eigenvalue weighted by molar-refractivity contribution is 5.49. The van der Waals surface area contributed by atoms with Gasteiger partial charge < -0.3 is 0 Å². The Morgan fingerprint density at radius 2 is 0.844 bits per heavy atom. The van der Waals surface area contributed by atoms with Gasteiger partial charge in [-0.15, -0.1) is 0 Å². The monoisotopic (exact) mass is 418 g/mol. The molecule has 160 valence electrons. The van der Waals surface area contributed by atoms with Crippen LogP contribution < -0.4 is 0 Å². The molecular formula is C30H30N2. The predicted molar refractivity (Wildman–Crippen MR) is 132 cm³/mol. The normalized spacial score (nSPS) is 15.5. The molecule has 5 rings (SSSR count). The summed E-state index contributed by atoms with van der Waals surface area (Å²) in [5.74, 6) is 0. The van der Waals surface area contributed by atoms with E-state index in [-0.39, 0.29) is 5.54 Å². The Bertz CT molecular complexity index is 990. The lowest BCUT2D eigenvalue weighted by Crippen LogP contribution is -2.56. The first kappa shape index (κ1) is 20.7. The molecule has 0 unspecified atom stereocenters. The maximum Gasteiger partial charge on any atom is 0.0973 e. The van der Waals surface area contributed by atoms with E-state index in [2.05, 4.69) is 131 Å². The van der Waals surface area contributed by atoms with E-state index in [0.717, 1.165) is 32.7 Å². The van der Waals surface area contributed by atoms with Gasteiger partial charge in [-0.25, -0.2) is 0 Å². The molecule has 4 aromatic rings. The third-order valence-corrected chi connectivity index (χ3v) is 6.67. The number of benzene rings is 4. The molecule has 2 heteroatoms. The van der Waals surface area contributed by atoms with Gasteiger partial charge in [-0.3, -0.25) is 9.80 Å². The Labute approximate surface area is 191 Å². The van der Waals surface area contributed by atoms with E-state index in [9.17, 15) is 0 Å². The molecule has 1 saturated heterocycles. The zero-order valence-electron chi connectivity index (χ0n) is 18.5. The maximum absolute atomic E-state index is 2.69. The maximum atomic E-state index is 2.69. The van der Waals surface area contributed by atoms with Gasteiger partial charge in [-0.05, 0) is 22.3 Å². The fourth-order valence-electron chi connectivity index (χ4n) is 5.17. The second-order valence-electron chi connectivity index (χ2n) is 8.56. The quantitative estimate of drug-likeness (QED) is 0.365. The molecule has 2 nitrogen and oxygen atoms in total. The molecule has 1 aliphatic heterocycles. The van der Waals surface area contributed by atoms with Crippen LogP contribution >= 0.6 is 0 Å². The van der Waals surface area contributed by atoms with E-state index < -0.39 is 0 Å². The first-order valence-electron chi connectivity index (χ1n) is 11.6. The van der Waals surface area contributed by atoms with E-state index in [0.29, 0.717) is 0 Å². The van der Waals surface area contributed by atoms with Crippen LogP contribution in [0.15, 0.2) is 121 Å². The minimum atomic E-state index is -0.303. The molecule has 4 aromatic carbocycles. The second kappa shape index (κ2) is 9.52. The van der Waals surface area contributed by atoms with Crippen molar-refractivity contribution in [3.05, 3.63) is 144 Å². The predicted octanol–water partition coefficient (Wildman–Crippen LogP) is 5.80. The van der Waals surface area contributed by atoms with E-state index in [1.807, 2.05) is 0 Å². The Kier molecular flexibility index (Phi) is 6.15. The molecule has 32 heavy (non-hydrogen) atoms. The smallest absolute Gasteiger partial charge is 0.0973 e. The molecular weight excluding hydrogens is 388 g/mol. The summed E-state index contributed by atoms with van der Waals surface area (Å²) in [4.78, 5) is 5.27. The molecule has 1 fully saturated rings. The van der Waals surface area contributed by atoms with Crippen LogP contribution in [0.5, 0.6) is 0 Å². The topological polar surface area (TPSA) is 6.48 Å². The van der Waals surface area contributed by atoms with Crippen molar-refractivity contribution in [2.24, 2.45) is 0 Å². The van der Waals surface area contributed by atoms with Gasteiger partial charge in [0.25, 0.3) is 0 Å². The van der Waals surface area contributed by atoms with Crippen molar-refractivity contribution in [1.29, 1.82) is 0 Å². The molecule has 0 amide bonds. The summed E-state index contributed by atoms with van der Waals surface area (Å²) < 4.78 is 0. The third-order valence-electron chi connectivity index (χ3n) is 6.67. The van der Waals surface area contributed by atoms with Crippen LogP contribution in [0.4, 0.5) is 0 Å². The lowest BCUT2D eigenvalue weighted by Gasteiger charge is -2.49. The number of piperazine rings is 1. The standard InChI is InChI=1S/C30H30N2/c1-5-13-26(14-6-1)25-31-21-23-32(24-22-31)30(27-15-7-2-8-16-27,28-17-9-3-10-18-28)29-19-11-4-12-20-29/h1-20H,21-25H2. The van der Waals surface area contributed by atoms with Crippen LogP contribution in [0.2, 0.25) is 0 Å². The zero-order valence-corrected chi connectivity index (χ0v) is 18.5. The van der Waals surface area contributed by atoms with Crippen LogP contribution in [0.25, 0.3) is 0 Å². The molecule has 0 bridgehead atoms. The van der Waals surface area contributed by atoms with Gasteiger partial charge in [-0.2, -0.15) is 0 Å². The summed E-state index contributed by atoms with van der Waals surface area (Å²) in [5, 5.41) is 0. The summed E-state index contributed by atoms with van der Waals surface area (Å²) in [6.45, 7) is 5.17. The molecule has 1 heterocycles. The van der Waals surface area contributed by atoms with Gasteiger partial charge in [-0.1, -0.05) is 121 Å². The van der Waals surface area contributed by atoms with E-state index in [1.165, 1.54) is 22.3 Å². The number of nitrogens with zero attached hydrogens (tertiary/aromatic N) is 2. The summed E-state index contributed by atoms with van der Waals surface area (Å²) in [5.41, 5.74) is 5.07. The van der Waals surface area contributed by atoms with E-state index >= 15 is 0 Å². The zero-order chi connectivity index (χ0) is 21.6. The second-order valence-corrected chi connectivity index (χ2v) is 8.56. The van der Waals surface area contributed by atoms with Gasteiger partial charge in [0.2, 0.25) is 0 Å². The molecule has 0 aromatic heterocycles. The van der Waals surface area contributed by atoms with Crippen molar-refractivity contribution < 1.29 is 0 Å². The highest BCUT2D eigenvalue weighted by Crippen LogP contribution is 2.42. The van der Waals surface area contributed by atoms with Gasteiger partial charge in [0, 0.05) is 32.7 Å². The minimum absolute atomic E-state index is 0.303. The molecule has 0 spiro atoms. The molecule has 1 aliphatic rings. The van der Waals surface area contributed by atoms with Gasteiger partial charge in [0.05, 0.1) is 5.54 Å². The molecule has 0 atom stereocenters. The summed E-state index contributed by atoms with van der Waals surface area (Å²) in [6.07, 6.45) is 0. The summed E-state index contributed by atoms with van der Waals surface area (Å²) >= 11 is 0. The number of rotatable bonds is 6. The van der Waals surface area contributed by atoms with Gasteiger partial charge in [0.15, 0.2) is 0 Å². The lowest BCUT2D eigenvalue weighted by molar-refractivity contribution is 0.0695. The first-order chi connectivity index (χ1) is 15.9. The van der Waals surface area contributed by atoms with E-state index in [4.69, 9.17) is 0 Å². The molecule has 0 radical (unpaired) electrons. The fraction of sp³-hybridized carbons (Fsp3) is 0.200. The van der Waals surface area contributed by atoms with Crippen LogP contribution in [0.1, 0.15) is 22.3 Å². The fourth-order valence-corrected chi connectivity index (χ4v) is 5.17. The average Bonchev–Trinajstić information content (AvgIpc) is 2.88. The average molecular weight is 419 g/mol. The van der Waals surface area contributed by atoms with Crippen LogP contribution in [0.3, 0.4) is 0 Å². The van der Waals surface area contributed by atoms with Crippen molar-refractivity contribution in [3.8, 4) is 0 Å². The van der Waals surface area contributed by atoms with Crippen molar-refractivity contribution in [2.75, 3.05) is 26.2 Å². The SMILES string of the molecule is c1ccc(CN2CCN(C(c3ccccc3)(c3ccccc3)c3ccccc3)CC2)cc1. The molecule has 0 saturated carbocycles. The first-order valence-corrected chi connectivity index (χ1v) is 11.6. The number of hydrogen-bond acceptors (Lipinski definition) is 2. The van der Waals surface area contributed by atoms with Crippen molar-refractivity contribution in [2.45, 2.75) is 12.1 Å². The Morgan fingerprint density at radius 1 is 0.469 bits per heavy atom. The highest BCUT2D eigenvalue weighted by atomic mass is 15.3. The van der Waals surface area contributed by atoms with Crippen molar-refractivity contribution in [3.63, 3.8) is 0 Å². The van der Waals surface area contributed by atoms with Crippen LogP contribution in [0, 0.1) is 0 Å². The van der Waals surface area contributed by atoms with Crippen LogP contribution in [-0.4, -0.2) is 36.0 Å². The Morgan fingerprint density at radius 3 is 1.25 bits per heavy atom. The van der Waals surface area contributed by atoms with Gasteiger partial charge in [0.1, 0.15) is 0 Å². The van der Waals surface area contributed by atoms with E-state index in [1.54, 1.807) is 0 Å².